The number of rotatable bonds is 0. The molecule has 0 aromatic heterocycles. The van der Waals surface area contributed by atoms with Gasteiger partial charge in [-0.2, -0.15) is 0 Å². The van der Waals surface area contributed by atoms with E-state index < -0.39 is 6.17 Å². The van der Waals surface area contributed by atoms with Gasteiger partial charge in [0.15, 0.2) is 0 Å². The fourth-order valence-corrected chi connectivity index (χ4v) is 3.11. The van der Waals surface area contributed by atoms with Crippen LogP contribution in [0.4, 0.5) is 5.69 Å². The highest BCUT2D eigenvalue weighted by Crippen LogP contribution is 2.40. The molecule has 4 heteroatoms. The zero-order chi connectivity index (χ0) is 14.7. The summed E-state index contributed by atoms with van der Waals surface area (Å²) in [5, 5.41) is 2.93. The molecule has 4 rings (SSSR count). The standard InChI is InChI=1S/C17H14N2O2/c1-9-3-5-11-12(7-9)17(21)19-14-6-4-10(2)8-13(14)16(20)18-15(11)19/h3-8,15H,1-2H3,(H,18,20). The van der Waals surface area contributed by atoms with Gasteiger partial charge in [0.05, 0.1) is 11.3 Å². The first kappa shape index (κ1) is 12.1. The number of amides is 2. The highest BCUT2D eigenvalue weighted by Gasteiger charge is 2.43. The summed E-state index contributed by atoms with van der Waals surface area (Å²) < 4.78 is 0. The summed E-state index contributed by atoms with van der Waals surface area (Å²) >= 11 is 0. The smallest absolute Gasteiger partial charge is 0.260 e. The van der Waals surface area contributed by atoms with Crippen molar-refractivity contribution in [1.29, 1.82) is 0 Å². The molecule has 2 aromatic rings. The topological polar surface area (TPSA) is 49.4 Å². The van der Waals surface area contributed by atoms with Crippen LogP contribution in [0, 0.1) is 13.8 Å². The van der Waals surface area contributed by atoms with Crippen molar-refractivity contribution in [1.82, 2.24) is 5.32 Å². The molecule has 2 amide bonds. The normalized spacial score (nSPS) is 19.0. The maximum absolute atomic E-state index is 12.7. The summed E-state index contributed by atoms with van der Waals surface area (Å²) in [6.07, 6.45) is -0.393. The van der Waals surface area contributed by atoms with Crippen LogP contribution in [0.5, 0.6) is 0 Å². The second kappa shape index (κ2) is 3.95. The van der Waals surface area contributed by atoms with Gasteiger partial charge in [-0.3, -0.25) is 14.5 Å². The summed E-state index contributed by atoms with van der Waals surface area (Å²) in [6.45, 7) is 3.89. The van der Waals surface area contributed by atoms with E-state index in [9.17, 15) is 9.59 Å². The lowest BCUT2D eigenvalue weighted by molar-refractivity contribution is 0.0912. The van der Waals surface area contributed by atoms with E-state index in [0.717, 1.165) is 16.7 Å². The Balaban J connectivity index is 1.94. The lowest BCUT2D eigenvalue weighted by atomic mass is 10.0. The van der Waals surface area contributed by atoms with Gasteiger partial charge in [-0.1, -0.05) is 29.3 Å². The molecule has 0 saturated carbocycles. The molecule has 1 unspecified atom stereocenters. The zero-order valence-electron chi connectivity index (χ0n) is 11.8. The molecule has 0 radical (unpaired) electrons. The van der Waals surface area contributed by atoms with Crippen LogP contribution in [0.2, 0.25) is 0 Å². The highest BCUT2D eigenvalue weighted by molar-refractivity contribution is 6.16. The van der Waals surface area contributed by atoms with Crippen LogP contribution in [0.1, 0.15) is 43.6 Å². The van der Waals surface area contributed by atoms with Crippen LogP contribution in [0.15, 0.2) is 36.4 Å². The number of carbonyl (C=O) groups excluding carboxylic acids is 2. The Morgan fingerprint density at radius 1 is 0.952 bits per heavy atom. The molecular formula is C17H14N2O2. The van der Waals surface area contributed by atoms with Crippen LogP contribution in [-0.2, 0) is 0 Å². The average molecular weight is 278 g/mol. The molecule has 2 aliphatic heterocycles. The Bertz CT molecular complexity index is 810. The third kappa shape index (κ3) is 1.56. The van der Waals surface area contributed by atoms with Gasteiger partial charge in [0.25, 0.3) is 11.8 Å². The molecule has 2 heterocycles. The maximum atomic E-state index is 12.7. The SMILES string of the molecule is Cc1ccc2c(c1)C(=O)N1c3ccc(C)cc3C(=O)NC21. The van der Waals surface area contributed by atoms with Gasteiger partial charge in [0.1, 0.15) is 6.17 Å². The van der Waals surface area contributed by atoms with Crippen LogP contribution >= 0.6 is 0 Å². The fourth-order valence-electron chi connectivity index (χ4n) is 3.11. The first-order valence-corrected chi connectivity index (χ1v) is 6.92. The van der Waals surface area contributed by atoms with Gasteiger partial charge in [-0.05, 0) is 32.0 Å². The van der Waals surface area contributed by atoms with Gasteiger partial charge in [-0.15, -0.1) is 0 Å². The van der Waals surface area contributed by atoms with Crippen molar-refractivity contribution in [3.8, 4) is 0 Å². The largest absolute Gasteiger partial charge is 0.327 e. The number of benzene rings is 2. The van der Waals surface area contributed by atoms with Crippen molar-refractivity contribution in [2.45, 2.75) is 20.0 Å². The third-order valence-electron chi connectivity index (χ3n) is 4.13. The average Bonchev–Trinajstić information content (AvgIpc) is 2.72. The van der Waals surface area contributed by atoms with E-state index in [2.05, 4.69) is 5.32 Å². The molecule has 1 N–H and O–H groups in total. The molecule has 21 heavy (non-hydrogen) atoms. The van der Waals surface area contributed by atoms with Crippen LogP contribution in [0.3, 0.4) is 0 Å². The number of nitrogens with one attached hydrogen (secondary N) is 1. The Morgan fingerprint density at radius 2 is 1.62 bits per heavy atom. The summed E-state index contributed by atoms with van der Waals surface area (Å²) in [5.41, 5.74) is 4.83. The van der Waals surface area contributed by atoms with Gasteiger partial charge in [0.2, 0.25) is 0 Å². The minimum absolute atomic E-state index is 0.0520. The fraction of sp³-hybridized carbons (Fsp3) is 0.176. The van der Waals surface area contributed by atoms with E-state index in [0.29, 0.717) is 16.8 Å². The lowest BCUT2D eigenvalue weighted by Gasteiger charge is -2.32. The zero-order valence-corrected chi connectivity index (χ0v) is 11.8. The van der Waals surface area contributed by atoms with E-state index in [-0.39, 0.29) is 11.8 Å². The second-order valence-electron chi connectivity index (χ2n) is 5.66. The quantitative estimate of drug-likeness (QED) is 0.805. The van der Waals surface area contributed by atoms with E-state index in [1.165, 1.54) is 0 Å². The number of anilines is 1. The number of fused-ring (bicyclic) bond motifs is 5. The van der Waals surface area contributed by atoms with Gasteiger partial charge < -0.3 is 5.32 Å². The van der Waals surface area contributed by atoms with Crippen molar-refractivity contribution < 1.29 is 9.59 Å². The predicted octanol–water partition coefficient (Wildman–Crippen LogP) is 2.71. The van der Waals surface area contributed by atoms with Crippen molar-refractivity contribution in [2.75, 3.05) is 4.90 Å². The number of carbonyl (C=O) groups is 2. The molecular weight excluding hydrogens is 264 g/mol. The number of hydrogen-bond donors (Lipinski definition) is 1. The minimum Gasteiger partial charge on any atom is -0.327 e. The molecule has 0 fully saturated rings. The second-order valence-corrected chi connectivity index (χ2v) is 5.66. The summed E-state index contributed by atoms with van der Waals surface area (Å²) in [6, 6.07) is 11.4. The number of hydrogen-bond acceptors (Lipinski definition) is 2. The Hall–Kier alpha value is -2.62. The number of aryl methyl sites for hydroxylation is 2. The van der Waals surface area contributed by atoms with Gasteiger partial charge in [-0.25, -0.2) is 0 Å². The van der Waals surface area contributed by atoms with Gasteiger partial charge in [0, 0.05) is 11.1 Å². The van der Waals surface area contributed by atoms with Crippen LogP contribution in [0.25, 0.3) is 0 Å². The van der Waals surface area contributed by atoms with Crippen molar-refractivity contribution in [2.24, 2.45) is 0 Å². The molecule has 0 saturated heterocycles. The first-order valence-electron chi connectivity index (χ1n) is 6.92. The number of nitrogens with zero attached hydrogens (tertiary/aromatic N) is 1. The third-order valence-corrected chi connectivity index (χ3v) is 4.13. The highest BCUT2D eigenvalue weighted by atomic mass is 16.2. The summed E-state index contributed by atoms with van der Waals surface area (Å²) in [4.78, 5) is 26.7. The molecule has 104 valence electrons. The van der Waals surface area contributed by atoms with Gasteiger partial charge >= 0.3 is 0 Å². The van der Waals surface area contributed by atoms with E-state index in [1.807, 2.05) is 50.2 Å². The van der Waals surface area contributed by atoms with Crippen molar-refractivity contribution >= 4 is 17.5 Å². The molecule has 0 spiro atoms. The molecule has 0 bridgehead atoms. The van der Waals surface area contributed by atoms with Crippen LogP contribution in [-0.4, -0.2) is 11.8 Å². The molecule has 2 aromatic carbocycles. The van der Waals surface area contributed by atoms with E-state index >= 15 is 0 Å². The molecule has 0 aliphatic carbocycles. The molecule has 4 nitrogen and oxygen atoms in total. The maximum Gasteiger partial charge on any atom is 0.260 e. The van der Waals surface area contributed by atoms with Crippen LogP contribution < -0.4 is 10.2 Å². The summed E-state index contributed by atoms with van der Waals surface area (Å²) in [5.74, 6) is -0.181. The van der Waals surface area contributed by atoms with Crippen molar-refractivity contribution in [3.05, 3.63) is 64.2 Å². The Labute approximate surface area is 122 Å². The monoisotopic (exact) mass is 278 g/mol. The predicted molar refractivity (Wildman–Crippen MR) is 79.4 cm³/mol. The van der Waals surface area contributed by atoms with Crippen molar-refractivity contribution in [3.63, 3.8) is 0 Å². The minimum atomic E-state index is -0.393. The lowest BCUT2D eigenvalue weighted by Crippen LogP contribution is -2.45. The Morgan fingerprint density at radius 3 is 2.38 bits per heavy atom. The summed E-state index contributed by atoms with van der Waals surface area (Å²) in [7, 11) is 0. The van der Waals surface area contributed by atoms with E-state index in [1.54, 1.807) is 4.90 Å². The molecule has 2 aliphatic rings. The van der Waals surface area contributed by atoms with E-state index in [4.69, 9.17) is 0 Å². The Kier molecular flexibility index (Phi) is 2.28. The first-order chi connectivity index (χ1) is 10.1. The molecule has 1 atom stereocenters.